The predicted octanol–water partition coefficient (Wildman–Crippen LogP) is 4.15. The van der Waals surface area contributed by atoms with Crippen LogP contribution in [-0.4, -0.2) is 22.0 Å². The van der Waals surface area contributed by atoms with Gasteiger partial charge in [-0.05, 0) is 33.0 Å². The van der Waals surface area contributed by atoms with Gasteiger partial charge < -0.3 is 4.43 Å². The minimum atomic E-state index is -1.67. The van der Waals surface area contributed by atoms with Crippen LogP contribution in [0.3, 0.4) is 0 Å². The molecule has 15 heavy (non-hydrogen) atoms. The van der Waals surface area contributed by atoms with Crippen LogP contribution in [0.4, 0.5) is 0 Å². The Kier molecular flexibility index (Phi) is 4.77. The Morgan fingerprint density at radius 3 is 1.87 bits per heavy atom. The highest BCUT2D eigenvalue weighted by Crippen LogP contribution is 2.28. The molecule has 0 aliphatic heterocycles. The fraction of sp³-hybridized carbons (Fsp3) is 0.667. The molecule has 88 valence electrons. The summed E-state index contributed by atoms with van der Waals surface area (Å²) >= 11 is 0. The maximum Gasteiger partial charge on any atom is 0.211 e. The third-order valence-electron chi connectivity index (χ3n) is 2.46. The molecule has 0 unspecified atom stereocenters. The molecule has 1 nitrogen and oxygen atoms in total. The summed E-state index contributed by atoms with van der Waals surface area (Å²) in [4.78, 5) is 0. The van der Waals surface area contributed by atoms with Gasteiger partial charge in [-0.25, -0.2) is 0 Å². The normalized spacial score (nSPS) is 13.7. The van der Waals surface area contributed by atoms with E-state index in [1.54, 1.807) is 0 Å². The van der Waals surface area contributed by atoms with Gasteiger partial charge in [0.2, 0.25) is 8.32 Å². The van der Waals surface area contributed by atoms with Gasteiger partial charge in [-0.3, -0.25) is 0 Å². The molecule has 0 aromatic rings. The van der Waals surface area contributed by atoms with Crippen LogP contribution in [0.15, 0.2) is 24.6 Å². The fourth-order valence-corrected chi connectivity index (χ4v) is 6.09. The van der Waals surface area contributed by atoms with Crippen LogP contribution in [0, 0.1) is 0 Å². The predicted molar refractivity (Wildman–Crippen MR) is 75.3 cm³/mol. The van der Waals surface area contributed by atoms with Crippen molar-refractivity contribution in [1.29, 1.82) is 0 Å². The molecule has 0 heterocycles. The average molecular weight is 243 g/mol. The third-order valence-corrected chi connectivity index (χ3v) is 7.39. The van der Waals surface area contributed by atoms with Crippen LogP contribution in [0.5, 0.6) is 0 Å². The van der Waals surface area contributed by atoms with Crippen LogP contribution >= 0.6 is 0 Å². The van der Waals surface area contributed by atoms with E-state index in [1.807, 2.05) is 5.70 Å². The Morgan fingerprint density at radius 2 is 1.53 bits per heavy atom. The second kappa shape index (κ2) is 4.81. The minimum absolute atomic E-state index is 0.0478. The van der Waals surface area contributed by atoms with Crippen LogP contribution in [-0.2, 0) is 4.43 Å². The smallest absolute Gasteiger partial charge is 0.211 e. The highest BCUT2D eigenvalue weighted by Gasteiger charge is 2.33. The molecule has 0 N–H and O–H groups in total. The highest BCUT2D eigenvalue weighted by atomic mass is 28.4. The van der Waals surface area contributed by atoms with Crippen molar-refractivity contribution >= 4 is 16.4 Å². The van der Waals surface area contributed by atoms with Gasteiger partial charge in [-0.15, -0.1) is 18.9 Å². The van der Waals surface area contributed by atoms with Crippen molar-refractivity contribution in [2.75, 3.05) is 0 Å². The molecule has 0 aromatic carbocycles. The first-order chi connectivity index (χ1) is 6.54. The van der Waals surface area contributed by atoms with Gasteiger partial charge in [-0.2, -0.15) is 0 Å². The van der Waals surface area contributed by atoms with E-state index in [0.29, 0.717) is 0 Å². The summed E-state index contributed by atoms with van der Waals surface area (Å²) in [5, 5.41) is 0. The Bertz CT molecular complexity index is 218. The lowest BCUT2D eigenvalue weighted by Crippen LogP contribution is -2.44. The zero-order chi connectivity index (χ0) is 12.3. The molecule has 3 heteroatoms. The number of hydrogen-bond donors (Lipinski definition) is 0. The van der Waals surface area contributed by atoms with Gasteiger partial charge in [0.15, 0.2) is 0 Å². The molecule has 0 saturated carbocycles. The molecule has 0 aliphatic rings. The first-order valence-corrected chi connectivity index (χ1v) is 11.8. The summed E-state index contributed by atoms with van der Waals surface area (Å²) in [6, 6.07) is 1.12. The molecule has 0 rings (SSSR count). The van der Waals surface area contributed by atoms with Crippen molar-refractivity contribution in [1.82, 2.24) is 0 Å². The van der Waals surface area contributed by atoms with E-state index in [2.05, 4.69) is 58.9 Å². The van der Waals surface area contributed by atoms with Crippen LogP contribution in [0.2, 0.25) is 32.2 Å². The molecule has 0 aliphatic carbocycles. The summed E-state index contributed by atoms with van der Waals surface area (Å²) in [6.45, 7) is 21.2. The Balaban J connectivity index is 4.56. The van der Waals surface area contributed by atoms with Gasteiger partial charge in [0.1, 0.15) is 0 Å². The van der Waals surface area contributed by atoms with E-state index in [-0.39, 0.29) is 5.60 Å². The van der Waals surface area contributed by atoms with Gasteiger partial charge in [-0.1, -0.05) is 18.8 Å². The Morgan fingerprint density at radius 1 is 1.07 bits per heavy atom. The largest absolute Gasteiger partial charge is 0.409 e. The summed E-state index contributed by atoms with van der Waals surface area (Å²) in [5.74, 6) is 0. The molecule has 0 amide bonds. The molecular formula is C12H26OSi2. The van der Waals surface area contributed by atoms with Crippen molar-refractivity contribution < 1.29 is 4.43 Å². The summed E-state index contributed by atoms with van der Waals surface area (Å²) in [7, 11) is -2.97. The first-order valence-electron chi connectivity index (χ1n) is 5.51. The topological polar surface area (TPSA) is 9.23 Å². The third kappa shape index (κ3) is 6.12. The number of rotatable bonds is 6. The molecule has 0 spiro atoms. The lowest BCUT2D eigenvalue weighted by Gasteiger charge is -2.37. The average Bonchev–Trinajstić information content (AvgIpc) is 2.00. The molecule has 0 saturated heterocycles. The summed E-state index contributed by atoms with van der Waals surface area (Å²) in [6.07, 6.45) is 0. The van der Waals surface area contributed by atoms with Crippen molar-refractivity contribution in [2.45, 2.75) is 51.7 Å². The number of hydrogen-bond acceptors (Lipinski definition) is 1. The van der Waals surface area contributed by atoms with Gasteiger partial charge in [0.05, 0.1) is 8.07 Å². The monoisotopic (exact) mass is 242 g/mol. The second-order valence-electron chi connectivity index (χ2n) is 6.04. The molecule has 0 atom stereocenters. The molecule has 0 fully saturated rings. The van der Waals surface area contributed by atoms with Crippen molar-refractivity contribution in [3.05, 3.63) is 24.6 Å². The molecule has 0 aromatic heterocycles. The molecular weight excluding hydrogens is 216 g/mol. The van der Waals surface area contributed by atoms with E-state index >= 15 is 0 Å². The van der Waals surface area contributed by atoms with E-state index < -0.39 is 16.4 Å². The maximum atomic E-state index is 6.22. The van der Waals surface area contributed by atoms with Crippen LogP contribution < -0.4 is 0 Å². The zero-order valence-electron chi connectivity index (χ0n) is 11.2. The lowest BCUT2D eigenvalue weighted by molar-refractivity contribution is 0.123. The second-order valence-corrected chi connectivity index (χ2v) is 14.6. The Labute approximate surface area is 97.4 Å². The van der Waals surface area contributed by atoms with E-state index in [0.717, 1.165) is 6.04 Å². The van der Waals surface area contributed by atoms with E-state index in [4.69, 9.17) is 4.43 Å². The van der Waals surface area contributed by atoms with E-state index in [9.17, 15) is 0 Å². The highest BCUT2D eigenvalue weighted by molar-refractivity contribution is 6.82. The van der Waals surface area contributed by atoms with Crippen molar-refractivity contribution in [3.8, 4) is 0 Å². The standard InChI is InChI=1S/C12H26OSi2/c1-9-14(5,6)11-12(3,4)13-15(7,8)10-2/h9-10H,1-2,11H2,3-8H3. The van der Waals surface area contributed by atoms with Gasteiger partial charge in [0.25, 0.3) is 0 Å². The maximum absolute atomic E-state index is 6.22. The minimum Gasteiger partial charge on any atom is -0.409 e. The molecule has 0 bridgehead atoms. The summed E-state index contributed by atoms with van der Waals surface area (Å²) < 4.78 is 6.22. The summed E-state index contributed by atoms with van der Waals surface area (Å²) in [5.41, 5.74) is 4.09. The quantitative estimate of drug-likeness (QED) is 0.636. The lowest BCUT2D eigenvalue weighted by atomic mass is 10.2. The Hall–Kier alpha value is -0.126. The fourth-order valence-electron chi connectivity index (χ4n) is 1.96. The zero-order valence-corrected chi connectivity index (χ0v) is 13.2. The van der Waals surface area contributed by atoms with E-state index in [1.165, 1.54) is 0 Å². The van der Waals surface area contributed by atoms with Crippen molar-refractivity contribution in [3.63, 3.8) is 0 Å². The first kappa shape index (κ1) is 14.9. The molecule has 0 radical (unpaired) electrons. The van der Waals surface area contributed by atoms with Crippen LogP contribution in [0.25, 0.3) is 0 Å². The van der Waals surface area contributed by atoms with Crippen LogP contribution in [0.1, 0.15) is 13.8 Å². The van der Waals surface area contributed by atoms with Gasteiger partial charge >= 0.3 is 0 Å². The van der Waals surface area contributed by atoms with Crippen molar-refractivity contribution in [2.24, 2.45) is 0 Å². The SMILES string of the molecule is C=C[Si](C)(C)CC(C)(C)O[Si](C)(C)C=C. The van der Waals surface area contributed by atoms with Gasteiger partial charge in [0, 0.05) is 5.60 Å².